The summed E-state index contributed by atoms with van der Waals surface area (Å²) in [7, 11) is 2.03. The smallest absolute Gasteiger partial charge is 0.166 e. The fourth-order valence-corrected chi connectivity index (χ4v) is 4.19. The summed E-state index contributed by atoms with van der Waals surface area (Å²) in [5, 5.41) is 16.3. The van der Waals surface area contributed by atoms with E-state index < -0.39 is 0 Å². The van der Waals surface area contributed by atoms with Crippen molar-refractivity contribution in [1.29, 1.82) is 5.26 Å². The highest BCUT2D eigenvalue weighted by Gasteiger charge is 2.21. The summed E-state index contributed by atoms with van der Waals surface area (Å²) in [6.07, 6.45) is 2.36. The second kappa shape index (κ2) is 10.1. The molecule has 0 bridgehead atoms. The van der Waals surface area contributed by atoms with Gasteiger partial charge in [0.1, 0.15) is 0 Å². The van der Waals surface area contributed by atoms with Crippen LogP contribution in [-0.4, -0.2) is 57.8 Å². The Hall–Kier alpha value is -2.72. The van der Waals surface area contributed by atoms with Crippen molar-refractivity contribution in [3.63, 3.8) is 0 Å². The number of Topliss-reactive ketones (excluding diaryl/α,β-unsaturated/α-hetero) is 1. The van der Waals surface area contributed by atoms with Gasteiger partial charge in [0.15, 0.2) is 5.78 Å². The molecule has 0 saturated carbocycles. The molecule has 6 nitrogen and oxygen atoms in total. The Morgan fingerprint density at radius 1 is 1.26 bits per heavy atom. The van der Waals surface area contributed by atoms with Crippen LogP contribution < -0.4 is 15.5 Å². The van der Waals surface area contributed by atoms with Crippen LogP contribution in [0.4, 0.5) is 5.69 Å². The quantitative estimate of drug-likeness (QED) is 0.751. The predicted octanol–water partition coefficient (Wildman–Crippen LogP) is 2.78. The average molecular weight is 419 g/mol. The number of fused-ring (bicyclic) bond motifs is 1. The van der Waals surface area contributed by atoms with Gasteiger partial charge in [-0.1, -0.05) is 30.3 Å². The summed E-state index contributed by atoms with van der Waals surface area (Å²) < 4.78 is 5.81. The van der Waals surface area contributed by atoms with Crippen LogP contribution in [-0.2, 0) is 11.2 Å². The third-order valence-corrected chi connectivity index (χ3v) is 6.08. The highest BCUT2D eigenvalue weighted by Crippen LogP contribution is 2.31. The Balaban J connectivity index is 1.39. The summed E-state index contributed by atoms with van der Waals surface area (Å²) in [5.41, 5.74) is 5.14. The Bertz CT molecular complexity index is 943. The maximum absolute atomic E-state index is 12.2. The molecule has 1 fully saturated rings. The lowest BCUT2D eigenvalue weighted by molar-refractivity contribution is 0.0660. The molecule has 4 rings (SSSR count). The number of hydrogen-bond acceptors (Lipinski definition) is 6. The molecule has 0 amide bonds. The van der Waals surface area contributed by atoms with Crippen LogP contribution in [0.3, 0.4) is 0 Å². The number of carbonyl (C=O) groups is 1. The first-order chi connectivity index (χ1) is 15.1. The van der Waals surface area contributed by atoms with Gasteiger partial charge in [-0.3, -0.25) is 10.1 Å². The molecular weight excluding hydrogens is 388 g/mol. The van der Waals surface area contributed by atoms with Crippen molar-refractivity contribution in [1.82, 2.24) is 10.6 Å². The molecule has 1 saturated heterocycles. The molecule has 2 atom stereocenters. The number of anilines is 1. The Kier molecular flexibility index (Phi) is 6.98. The van der Waals surface area contributed by atoms with Crippen molar-refractivity contribution >= 4 is 11.5 Å². The zero-order valence-corrected chi connectivity index (χ0v) is 18.1. The second-order valence-electron chi connectivity index (χ2n) is 8.37. The van der Waals surface area contributed by atoms with E-state index in [0.29, 0.717) is 19.4 Å². The van der Waals surface area contributed by atoms with Crippen LogP contribution in [0.5, 0.6) is 0 Å². The fourth-order valence-electron chi connectivity index (χ4n) is 4.19. The molecule has 0 aliphatic carbocycles. The van der Waals surface area contributed by atoms with Crippen molar-refractivity contribution < 1.29 is 9.53 Å². The van der Waals surface area contributed by atoms with Gasteiger partial charge in [-0.25, -0.2) is 0 Å². The van der Waals surface area contributed by atoms with Gasteiger partial charge >= 0.3 is 0 Å². The standard InChI is InChI=1S/C25H30N4O2/c1-29-11-9-25(30)23-8-7-20(14-24(23)29)19-5-3-18(4-6-19)13-21(15-26)28-17-22-16-27-10-2-12-31-22/h3-8,14,21-22,27-28H,2,9-13,16-17H2,1H3/t21-,22?/m0/s1. The molecule has 31 heavy (non-hydrogen) atoms. The molecule has 0 radical (unpaired) electrons. The third kappa shape index (κ3) is 5.31. The van der Waals surface area contributed by atoms with Crippen LogP contribution in [0.2, 0.25) is 0 Å². The summed E-state index contributed by atoms with van der Waals surface area (Å²) in [6, 6.07) is 16.5. The van der Waals surface area contributed by atoms with E-state index >= 15 is 0 Å². The first kappa shape index (κ1) is 21.5. The number of rotatable bonds is 6. The van der Waals surface area contributed by atoms with Gasteiger partial charge in [-0.15, -0.1) is 0 Å². The number of benzene rings is 2. The lowest BCUT2D eigenvalue weighted by atomic mass is 9.95. The minimum atomic E-state index is -0.249. The van der Waals surface area contributed by atoms with Crippen LogP contribution >= 0.6 is 0 Å². The molecule has 2 aromatic carbocycles. The van der Waals surface area contributed by atoms with Crippen molar-refractivity contribution in [3.8, 4) is 17.2 Å². The van der Waals surface area contributed by atoms with E-state index in [-0.39, 0.29) is 17.9 Å². The number of nitrogens with one attached hydrogen (secondary N) is 2. The van der Waals surface area contributed by atoms with E-state index in [2.05, 4.69) is 51.9 Å². The maximum Gasteiger partial charge on any atom is 0.166 e. The molecule has 162 valence electrons. The monoisotopic (exact) mass is 418 g/mol. The van der Waals surface area contributed by atoms with Crippen LogP contribution in [0, 0.1) is 11.3 Å². The minimum Gasteiger partial charge on any atom is -0.376 e. The highest BCUT2D eigenvalue weighted by atomic mass is 16.5. The lowest BCUT2D eigenvalue weighted by Gasteiger charge is -2.27. The Labute approximate surface area is 184 Å². The highest BCUT2D eigenvalue weighted by molar-refractivity contribution is 6.04. The molecule has 2 heterocycles. The van der Waals surface area contributed by atoms with Crippen molar-refractivity contribution in [2.24, 2.45) is 0 Å². The third-order valence-electron chi connectivity index (χ3n) is 6.08. The summed E-state index contributed by atoms with van der Waals surface area (Å²) in [6.45, 7) is 4.01. The molecule has 2 N–H and O–H groups in total. The average Bonchev–Trinajstić information content (AvgIpc) is 3.08. The first-order valence-electron chi connectivity index (χ1n) is 11.1. The molecule has 6 heteroatoms. The minimum absolute atomic E-state index is 0.106. The van der Waals surface area contributed by atoms with Gasteiger partial charge in [0.2, 0.25) is 0 Å². The van der Waals surface area contributed by atoms with E-state index in [4.69, 9.17) is 4.74 Å². The SMILES string of the molecule is CN1CCC(=O)c2ccc(-c3ccc(C[C@@H](C#N)NCC4CNCCCO4)cc3)cc21. The summed E-state index contributed by atoms with van der Waals surface area (Å²) in [5.74, 6) is 0.218. The van der Waals surface area contributed by atoms with Gasteiger partial charge in [0.05, 0.1) is 18.2 Å². The topological polar surface area (TPSA) is 77.4 Å². The molecular formula is C25H30N4O2. The Morgan fingerprint density at radius 3 is 2.87 bits per heavy atom. The molecule has 0 spiro atoms. The van der Waals surface area contributed by atoms with Crippen LogP contribution in [0.25, 0.3) is 11.1 Å². The van der Waals surface area contributed by atoms with Crippen molar-refractivity contribution in [3.05, 3.63) is 53.6 Å². The molecule has 0 aromatic heterocycles. The van der Waals surface area contributed by atoms with Gasteiger partial charge < -0.3 is 15.0 Å². The number of nitrogens with zero attached hydrogens (tertiary/aromatic N) is 2. The van der Waals surface area contributed by atoms with E-state index in [9.17, 15) is 10.1 Å². The number of ketones is 1. The number of carbonyl (C=O) groups excluding carboxylic acids is 1. The van der Waals surface area contributed by atoms with Crippen LogP contribution in [0.15, 0.2) is 42.5 Å². The number of ether oxygens (including phenoxy) is 1. The van der Waals surface area contributed by atoms with Crippen molar-refractivity contribution in [2.45, 2.75) is 31.4 Å². The van der Waals surface area contributed by atoms with Gasteiger partial charge in [-0.05, 0) is 41.8 Å². The van der Waals surface area contributed by atoms with E-state index in [1.807, 2.05) is 19.2 Å². The summed E-state index contributed by atoms with van der Waals surface area (Å²) >= 11 is 0. The lowest BCUT2D eigenvalue weighted by Crippen LogP contribution is -2.40. The van der Waals surface area contributed by atoms with Gasteiger partial charge in [-0.2, -0.15) is 5.26 Å². The summed E-state index contributed by atoms with van der Waals surface area (Å²) in [4.78, 5) is 14.3. The predicted molar refractivity (Wildman–Crippen MR) is 122 cm³/mol. The van der Waals surface area contributed by atoms with Crippen molar-refractivity contribution in [2.75, 3.05) is 44.7 Å². The zero-order valence-electron chi connectivity index (χ0n) is 18.1. The molecule has 2 aromatic rings. The van der Waals surface area contributed by atoms with Gasteiger partial charge in [0.25, 0.3) is 0 Å². The molecule has 1 unspecified atom stereocenters. The largest absolute Gasteiger partial charge is 0.376 e. The number of nitriles is 1. The fraction of sp³-hybridized carbons (Fsp3) is 0.440. The number of hydrogen-bond donors (Lipinski definition) is 2. The van der Waals surface area contributed by atoms with E-state index in [0.717, 1.165) is 60.6 Å². The second-order valence-corrected chi connectivity index (χ2v) is 8.37. The van der Waals surface area contributed by atoms with Crippen LogP contribution in [0.1, 0.15) is 28.8 Å². The zero-order chi connectivity index (χ0) is 21.6. The van der Waals surface area contributed by atoms with E-state index in [1.165, 1.54) is 0 Å². The Morgan fingerprint density at radius 2 is 2.06 bits per heavy atom. The molecule has 2 aliphatic heterocycles. The maximum atomic E-state index is 12.2. The normalized spacial score (nSPS) is 19.9. The molecule has 2 aliphatic rings. The first-order valence-corrected chi connectivity index (χ1v) is 11.1. The van der Waals surface area contributed by atoms with E-state index in [1.54, 1.807) is 0 Å². The van der Waals surface area contributed by atoms with Gasteiger partial charge in [0, 0.05) is 57.4 Å².